The first-order chi connectivity index (χ1) is 19.7. The number of amides is 2. The molecule has 0 atom stereocenters. The van der Waals surface area contributed by atoms with Gasteiger partial charge in [0.15, 0.2) is 17.3 Å². The van der Waals surface area contributed by atoms with Gasteiger partial charge in [-0.25, -0.2) is 9.97 Å². The second-order valence-corrected chi connectivity index (χ2v) is 10.3. The average molecular weight is 558 g/mol. The Morgan fingerprint density at radius 1 is 0.951 bits per heavy atom. The fourth-order valence-corrected chi connectivity index (χ4v) is 4.40. The van der Waals surface area contributed by atoms with Gasteiger partial charge in [0, 0.05) is 61.5 Å². The maximum atomic E-state index is 12.3. The number of nitrogens with one attached hydrogen (secondary N) is 3. The lowest BCUT2D eigenvalue weighted by atomic mass is 10.2. The first-order valence-corrected chi connectivity index (χ1v) is 13.7. The molecule has 2 amide bonds. The van der Waals surface area contributed by atoms with Gasteiger partial charge >= 0.3 is 0 Å². The quantitative estimate of drug-likeness (QED) is 0.262. The van der Waals surface area contributed by atoms with Gasteiger partial charge in [-0.2, -0.15) is 0 Å². The molecular formula is C30H39N9O2. The molecule has 11 heteroatoms. The zero-order chi connectivity index (χ0) is 29.4. The van der Waals surface area contributed by atoms with E-state index >= 15 is 0 Å². The van der Waals surface area contributed by atoms with Crippen molar-refractivity contribution >= 4 is 46.2 Å². The predicted molar refractivity (Wildman–Crippen MR) is 165 cm³/mol. The number of carbonyl (C=O) groups excluding carboxylic acids is 2. The van der Waals surface area contributed by atoms with E-state index in [0.717, 1.165) is 37.6 Å². The second-order valence-electron chi connectivity index (χ2n) is 10.3. The lowest BCUT2D eigenvalue weighted by Gasteiger charge is -2.34. The van der Waals surface area contributed by atoms with E-state index in [4.69, 9.17) is 10.7 Å². The standard InChI is InChI=1S/C30H39N9O2/c1-5-25-29(34-23-9-6-8-22(20-23)32-26(40)10-7-15-37(2)3)36-30(27(35-25)28(31)41)33-21-11-13-24(14-12-21)39-18-16-38(4)17-19-39/h6-14,20H,5,15-19H2,1-4H3,(H2,31,41)(H,32,40)(H2,33,34,36)/b10-7+. The molecular weight excluding hydrogens is 518 g/mol. The number of likely N-dealkylation sites (N-methyl/N-ethyl adjacent to an activating group) is 2. The number of rotatable bonds is 11. The number of aromatic nitrogens is 2. The summed E-state index contributed by atoms with van der Waals surface area (Å²) in [6.07, 6.45) is 3.84. The molecule has 3 aromatic rings. The summed E-state index contributed by atoms with van der Waals surface area (Å²) in [4.78, 5) is 40.5. The van der Waals surface area contributed by atoms with Crippen LogP contribution in [0.4, 0.5) is 34.4 Å². The van der Waals surface area contributed by atoms with Gasteiger partial charge < -0.3 is 36.4 Å². The summed E-state index contributed by atoms with van der Waals surface area (Å²) in [6, 6.07) is 15.3. The molecule has 0 saturated carbocycles. The fraction of sp³-hybridized carbons (Fsp3) is 0.333. The van der Waals surface area contributed by atoms with Crippen LogP contribution < -0.4 is 26.6 Å². The Morgan fingerprint density at radius 2 is 1.63 bits per heavy atom. The Kier molecular flexibility index (Phi) is 9.88. The molecule has 1 fully saturated rings. The molecule has 1 aliphatic heterocycles. The van der Waals surface area contributed by atoms with Crippen LogP contribution in [0, 0.1) is 0 Å². The first kappa shape index (κ1) is 29.5. The van der Waals surface area contributed by atoms with Crippen LogP contribution in [0.25, 0.3) is 0 Å². The minimum Gasteiger partial charge on any atom is -0.369 e. The number of anilines is 6. The van der Waals surface area contributed by atoms with Crippen molar-refractivity contribution in [2.24, 2.45) is 5.73 Å². The lowest BCUT2D eigenvalue weighted by molar-refractivity contribution is -0.111. The van der Waals surface area contributed by atoms with Gasteiger partial charge in [0.25, 0.3) is 5.91 Å². The topological polar surface area (TPSA) is 132 Å². The van der Waals surface area contributed by atoms with Crippen LogP contribution in [0.5, 0.6) is 0 Å². The van der Waals surface area contributed by atoms with Gasteiger partial charge in [-0.15, -0.1) is 0 Å². The molecule has 5 N–H and O–H groups in total. The average Bonchev–Trinajstić information content (AvgIpc) is 2.94. The SMILES string of the molecule is CCc1nc(C(N)=O)c(Nc2ccc(N3CCN(C)CC3)cc2)nc1Nc1cccc(NC(=O)/C=C/CN(C)C)c1. The maximum absolute atomic E-state index is 12.3. The number of benzene rings is 2. The number of hydrogen-bond donors (Lipinski definition) is 4. The third-order valence-corrected chi connectivity index (χ3v) is 6.67. The van der Waals surface area contributed by atoms with E-state index in [9.17, 15) is 9.59 Å². The molecule has 41 heavy (non-hydrogen) atoms. The number of piperazine rings is 1. The van der Waals surface area contributed by atoms with Crippen molar-refractivity contribution in [3.8, 4) is 0 Å². The number of primary amides is 1. The zero-order valence-corrected chi connectivity index (χ0v) is 24.1. The number of nitrogens with two attached hydrogens (primary N) is 1. The van der Waals surface area contributed by atoms with Crippen LogP contribution in [0.2, 0.25) is 0 Å². The lowest BCUT2D eigenvalue weighted by Crippen LogP contribution is -2.44. The zero-order valence-electron chi connectivity index (χ0n) is 24.1. The minimum atomic E-state index is -0.665. The van der Waals surface area contributed by atoms with Gasteiger partial charge in [0.05, 0.1) is 5.69 Å². The highest BCUT2D eigenvalue weighted by Gasteiger charge is 2.18. The van der Waals surface area contributed by atoms with Crippen LogP contribution in [0.15, 0.2) is 60.7 Å². The second kappa shape index (κ2) is 13.7. The van der Waals surface area contributed by atoms with Crippen LogP contribution in [-0.4, -0.2) is 85.4 Å². The fourth-order valence-electron chi connectivity index (χ4n) is 4.40. The van der Waals surface area contributed by atoms with E-state index < -0.39 is 5.91 Å². The summed E-state index contributed by atoms with van der Waals surface area (Å²) in [7, 11) is 6.01. The van der Waals surface area contributed by atoms with Gasteiger partial charge in [-0.3, -0.25) is 9.59 Å². The molecule has 1 aromatic heterocycles. The molecule has 216 valence electrons. The van der Waals surface area contributed by atoms with Crippen LogP contribution in [0.1, 0.15) is 23.1 Å². The van der Waals surface area contributed by atoms with Gasteiger partial charge in [0.2, 0.25) is 5.91 Å². The molecule has 0 spiro atoms. The molecule has 11 nitrogen and oxygen atoms in total. The number of hydrogen-bond acceptors (Lipinski definition) is 9. The number of nitrogens with zero attached hydrogens (tertiary/aromatic N) is 5. The normalized spacial score (nSPS) is 13.9. The Bertz CT molecular complexity index is 1380. The molecule has 0 aliphatic carbocycles. The van der Waals surface area contributed by atoms with Gasteiger partial charge in [-0.05, 0) is 70.0 Å². The Labute approximate surface area is 241 Å². The molecule has 0 radical (unpaired) electrons. The monoisotopic (exact) mass is 557 g/mol. The third-order valence-electron chi connectivity index (χ3n) is 6.67. The minimum absolute atomic E-state index is 0.0704. The van der Waals surface area contributed by atoms with Crippen LogP contribution in [0.3, 0.4) is 0 Å². The highest BCUT2D eigenvalue weighted by molar-refractivity contribution is 5.99. The van der Waals surface area contributed by atoms with Crippen LogP contribution >= 0.6 is 0 Å². The molecule has 4 rings (SSSR count). The van der Waals surface area contributed by atoms with E-state index in [1.54, 1.807) is 6.08 Å². The van der Waals surface area contributed by atoms with E-state index in [1.807, 2.05) is 62.3 Å². The van der Waals surface area contributed by atoms with E-state index in [-0.39, 0.29) is 17.4 Å². The van der Waals surface area contributed by atoms with Crippen molar-refractivity contribution in [2.75, 3.05) is 74.7 Å². The van der Waals surface area contributed by atoms with Crippen molar-refractivity contribution < 1.29 is 9.59 Å². The summed E-state index contributed by atoms with van der Waals surface area (Å²) < 4.78 is 0. The third kappa shape index (κ3) is 8.26. The van der Waals surface area contributed by atoms with E-state index in [2.05, 4.69) is 49.9 Å². The number of carbonyl (C=O) groups is 2. The van der Waals surface area contributed by atoms with E-state index in [0.29, 0.717) is 35.9 Å². The van der Waals surface area contributed by atoms with Crippen molar-refractivity contribution in [3.63, 3.8) is 0 Å². The van der Waals surface area contributed by atoms with Crippen molar-refractivity contribution in [1.29, 1.82) is 0 Å². The van der Waals surface area contributed by atoms with Gasteiger partial charge in [-0.1, -0.05) is 19.1 Å². The summed E-state index contributed by atoms with van der Waals surface area (Å²) >= 11 is 0. The summed E-state index contributed by atoms with van der Waals surface area (Å²) in [5, 5.41) is 9.38. The summed E-state index contributed by atoms with van der Waals surface area (Å²) in [5.74, 6) is -0.125. The molecule has 1 aliphatic rings. The van der Waals surface area contributed by atoms with E-state index in [1.165, 1.54) is 6.08 Å². The molecule has 0 unspecified atom stereocenters. The Morgan fingerprint density at radius 3 is 2.29 bits per heavy atom. The summed E-state index contributed by atoms with van der Waals surface area (Å²) in [5.41, 5.74) is 9.60. The molecule has 2 aromatic carbocycles. The first-order valence-electron chi connectivity index (χ1n) is 13.7. The van der Waals surface area contributed by atoms with Crippen molar-refractivity contribution in [2.45, 2.75) is 13.3 Å². The Hall–Kier alpha value is -4.48. The highest BCUT2D eigenvalue weighted by Crippen LogP contribution is 2.27. The maximum Gasteiger partial charge on any atom is 0.271 e. The smallest absolute Gasteiger partial charge is 0.271 e. The van der Waals surface area contributed by atoms with Crippen LogP contribution in [-0.2, 0) is 11.2 Å². The van der Waals surface area contributed by atoms with Gasteiger partial charge in [0.1, 0.15) is 0 Å². The van der Waals surface area contributed by atoms with Crippen molar-refractivity contribution in [3.05, 3.63) is 72.1 Å². The number of aryl methyl sites for hydroxylation is 1. The molecule has 1 saturated heterocycles. The Balaban J connectivity index is 1.52. The predicted octanol–water partition coefficient (Wildman–Crippen LogP) is 3.43. The highest BCUT2D eigenvalue weighted by atomic mass is 16.1. The molecule has 0 bridgehead atoms. The largest absolute Gasteiger partial charge is 0.369 e. The van der Waals surface area contributed by atoms with Crippen molar-refractivity contribution in [1.82, 2.24) is 19.8 Å². The summed E-state index contributed by atoms with van der Waals surface area (Å²) in [6.45, 7) is 6.62. The molecule has 2 heterocycles.